The lowest BCUT2D eigenvalue weighted by Gasteiger charge is -2.16. The second kappa shape index (κ2) is 6.34. The molecule has 0 radical (unpaired) electrons. The molecule has 18 heavy (non-hydrogen) atoms. The second-order valence-electron chi connectivity index (χ2n) is 5.24. The van der Waals surface area contributed by atoms with Gasteiger partial charge in [-0.2, -0.15) is 0 Å². The summed E-state index contributed by atoms with van der Waals surface area (Å²) in [5.41, 5.74) is 0.958. The number of carbonyl (C=O) groups excluding carboxylic acids is 1. The van der Waals surface area contributed by atoms with Crippen LogP contribution in [-0.2, 0) is 11.3 Å². The number of amides is 1. The van der Waals surface area contributed by atoms with Crippen LogP contribution in [0.15, 0.2) is 11.4 Å². The van der Waals surface area contributed by atoms with Gasteiger partial charge in [0.25, 0.3) is 0 Å². The summed E-state index contributed by atoms with van der Waals surface area (Å²) in [7, 11) is 0. The summed E-state index contributed by atoms with van der Waals surface area (Å²) in [5, 5.41) is 8.43. The van der Waals surface area contributed by atoms with Gasteiger partial charge in [0.2, 0.25) is 5.91 Å². The number of anilines is 1. The Bertz CT molecular complexity index is 402. The maximum atomic E-state index is 11.1. The van der Waals surface area contributed by atoms with E-state index in [1.807, 2.05) is 11.4 Å². The molecule has 1 aromatic rings. The molecular weight excluding hydrogens is 244 g/mol. The largest absolute Gasteiger partial charge is 0.325 e. The second-order valence-corrected chi connectivity index (χ2v) is 6.24. The lowest BCUT2D eigenvalue weighted by molar-refractivity contribution is -0.114. The number of carbonyl (C=O) groups is 1. The van der Waals surface area contributed by atoms with E-state index in [2.05, 4.69) is 17.6 Å². The van der Waals surface area contributed by atoms with E-state index in [0.717, 1.165) is 30.6 Å². The van der Waals surface area contributed by atoms with Crippen LogP contribution in [0, 0.1) is 11.8 Å². The van der Waals surface area contributed by atoms with Gasteiger partial charge in [-0.05, 0) is 36.2 Å². The molecule has 4 heteroatoms. The van der Waals surface area contributed by atoms with Gasteiger partial charge in [0, 0.05) is 18.3 Å². The standard InChI is InChI=1S/C14H22N2OS/c1-10-4-3-5-12(10)8-15-9-14-13(6-7-18-14)16-11(2)17/h6-7,10,12,15H,3-5,8-9H2,1-2H3,(H,16,17). The average molecular weight is 266 g/mol. The Labute approximate surface area is 113 Å². The van der Waals surface area contributed by atoms with Crippen molar-refractivity contribution in [2.75, 3.05) is 11.9 Å². The van der Waals surface area contributed by atoms with Crippen LogP contribution in [0.25, 0.3) is 0 Å². The summed E-state index contributed by atoms with van der Waals surface area (Å²) >= 11 is 1.70. The van der Waals surface area contributed by atoms with Crippen molar-refractivity contribution < 1.29 is 4.79 Å². The van der Waals surface area contributed by atoms with Gasteiger partial charge < -0.3 is 10.6 Å². The summed E-state index contributed by atoms with van der Waals surface area (Å²) in [5.74, 6) is 1.68. The maximum Gasteiger partial charge on any atom is 0.221 e. The fraction of sp³-hybridized carbons (Fsp3) is 0.643. The van der Waals surface area contributed by atoms with Crippen molar-refractivity contribution in [2.24, 2.45) is 11.8 Å². The molecule has 2 rings (SSSR count). The van der Waals surface area contributed by atoms with Crippen LogP contribution in [0.4, 0.5) is 5.69 Å². The molecule has 1 saturated carbocycles. The fourth-order valence-corrected chi connectivity index (χ4v) is 3.47. The zero-order valence-electron chi connectivity index (χ0n) is 11.2. The molecule has 2 unspecified atom stereocenters. The van der Waals surface area contributed by atoms with Crippen LogP contribution in [-0.4, -0.2) is 12.5 Å². The molecule has 100 valence electrons. The lowest BCUT2D eigenvalue weighted by atomic mass is 9.98. The Kier molecular flexibility index (Phi) is 4.78. The first-order valence-corrected chi connectivity index (χ1v) is 7.59. The van der Waals surface area contributed by atoms with E-state index in [1.165, 1.54) is 24.1 Å². The molecule has 0 bridgehead atoms. The van der Waals surface area contributed by atoms with Crippen molar-refractivity contribution in [3.05, 3.63) is 16.3 Å². The van der Waals surface area contributed by atoms with E-state index in [-0.39, 0.29) is 5.91 Å². The van der Waals surface area contributed by atoms with Gasteiger partial charge in [0.15, 0.2) is 0 Å². The van der Waals surface area contributed by atoms with Crippen LogP contribution in [0.3, 0.4) is 0 Å². The molecule has 0 spiro atoms. The van der Waals surface area contributed by atoms with E-state index in [4.69, 9.17) is 0 Å². The van der Waals surface area contributed by atoms with Crippen molar-refractivity contribution in [1.29, 1.82) is 0 Å². The van der Waals surface area contributed by atoms with E-state index < -0.39 is 0 Å². The monoisotopic (exact) mass is 266 g/mol. The molecule has 1 amide bonds. The summed E-state index contributed by atoms with van der Waals surface area (Å²) in [6.45, 7) is 5.86. The normalized spacial score (nSPS) is 23.2. The first kappa shape index (κ1) is 13.6. The molecule has 1 fully saturated rings. The number of hydrogen-bond acceptors (Lipinski definition) is 3. The topological polar surface area (TPSA) is 41.1 Å². The van der Waals surface area contributed by atoms with Crippen molar-refractivity contribution in [1.82, 2.24) is 5.32 Å². The highest BCUT2D eigenvalue weighted by Crippen LogP contribution is 2.30. The lowest BCUT2D eigenvalue weighted by Crippen LogP contribution is -2.24. The van der Waals surface area contributed by atoms with Crippen molar-refractivity contribution in [3.63, 3.8) is 0 Å². The molecule has 2 atom stereocenters. The first-order chi connectivity index (χ1) is 8.66. The molecule has 0 aromatic carbocycles. The minimum absolute atomic E-state index is 0.000866. The van der Waals surface area contributed by atoms with Crippen molar-refractivity contribution in [2.45, 2.75) is 39.7 Å². The predicted molar refractivity (Wildman–Crippen MR) is 76.8 cm³/mol. The van der Waals surface area contributed by atoms with Gasteiger partial charge in [-0.15, -0.1) is 11.3 Å². The third-order valence-corrected chi connectivity index (χ3v) is 4.71. The minimum atomic E-state index is -0.000866. The van der Waals surface area contributed by atoms with E-state index in [9.17, 15) is 4.79 Å². The maximum absolute atomic E-state index is 11.1. The number of thiophene rings is 1. The molecule has 1 aromatic heterocycles. The third-order valence-electron chi connectivity index (χ3n) is 3.79. The highest BCUT2D eigenvalue weighted by Gasteiger charge is 2.22. The van der Waals surface area contributed by atoms with Crippen molar-refractivity contribution >= 4 is 22.9 Å². The zero-order chi connectivity index (χ0) is 13.0. The molecule has 1 heterocycles. The Hall–Kier alpha value is -0.870. The van der Waals surface area contributed by atoms with Crippen molar-refractivity contribution in [3.8, 4) is 0 Å². The molecule has 1 aliphatic rings. The summed E-state index contributed by atoms with van der Waals surface area (Å²) < 4.78 is 0. The molecule has 3 nitrogen and oxygen atoms in total. The Morgan fingerprint density at radius 2 is 2.33 bits per heavy atom. The van der Waals surface area contributed by atoms with Crippen LogP contribution >= 0.6 is 11.3 Å². The first-order valence-electron chi connectivity index (χ1n) is 6.71. The zero-order valence-corrected chi connectivity index (χ0v) is 12.0. The molecular formula is C14H22N2OS. The van der Waals surface area contributed by atoms with Gasteiger partial charge in [-0.1, -0.05) is 19.8 Å². The van der Waals surface area contributed by atoms with E-state index >= 15 is 0 Å². The predicted octanol–water partition coefficient (Wildman–Crippen LogP) is 3.23. The molecule has 2 N–H and O–H groups in total. The van der Waals surface area contributed by atoms with E-state index in [0.29, 0.717) is 0 Å². The van der Waals surface area contributed by atoms with E-state index in [1.54, 1.807) is 18.3 Å². The number of rotatable bonds is 5. The average Bonchev–Trinajstić information content (AvgIpc) is 2.89. The smallest absolute Gasteiger partial charge is 0.221 e. The summed E-state index contributed by atoms with van der Waals surface area (Å²) in [6, 6.07) is 1.97. The SMILES string of the molecule is CC(=O)Nc1ccsc1CNCC1CCCC1C. The quantitative estimate of drug-likeness (QED) is 0.859. The molecule has 0 aliphatic heterocycles. The third kappa shape index (κ3) is 3.56. The summed E-state index contributed by atoms with van der Waals surface area (Å²) in [6.07, 6.45) is 4.11. The van der Waals surface area contributed by atoms with Gasteiger partial charge >= 0.3 is 0 Å². The fourth-order valence-electron chi connectivity index (χ4n) is 2.68. The highest BCUT2D eigenvalue weighted by molar-refractivity contribution is 7.10. The van der Waals surface area contributed by atoms with Crippen LogP contribution < -0.4 is 10.6 Å². The van der Waals surface area contributed by atoms with Gasteiger partial charge in [0.1, 0.15) is 0 Å². The van der Waals surface area contributed by atoms with Crippen LogP contribution in [0.2, 0.25) is 0 Å². The van der Waals surface area contributed by atoms with Gasteiger partial charge in [-0.25, -0.2) is 0 Å². The minimum Gasteiger partial charge on any atom is -0.325 e. The Morgan fingerprint density at radius 1 is 1.50 bits per heavy atom. The van der Waals surface area contributed by atoms with Crippen LogP contribution in [0.5, 0.6) is 0 Å². The molecule has 0 saturated heterocycles. The highest BCUT2D eigenvalue weighted by atomic mass is 32.1. The number of hydrogen-bond donors (Lipinski definition) is 2. The molecule has 1 aliphatic carbocycles. The number of nitrogens with one attached hydrogen (secondary N) is 2. The Balaban J connectivity index is 1.79. The summed E-state index contributed by atoms with van der Waals surface area (Å²) in [4.78, 5) is 12.3. The van der Waals surface area contributed by atoms with Gasteiger partial charge in [-0.3, -0.25) is 4.79 Å². The van der Waals surface area contributed by atoms with Gasteiger partial charge in [0.05, 0.1) is 5.69 Å². The van der Waals surface area contributed by atoms with Crippen LogP contribution in [0.1, 0.15) is 38.0 Å². The Morgan fingerprint density at radius 3 is 3.00 bits per heavy atom.